The minimum atomic E-state index is 0.686. The second kappa shape index (κ2) is 6.20. The third-order valence-corrected chi connectivity index (χ3v) is 3.91. The van der Waals surface area contributed by atoms with E-state index in [0.29, 0.717) is 6.54 Å². The molecule has 2 aromatic heterocycles. The summed E-state index contributed by atoms with van der Waals surface area (Å²) in [5, 5.41) is 7.94. The fourth-order valence-corrected chi connectivity index (χ4v) is 2.55. The number of nitrogens with zero attached hydrogens (tertiary/aromatic N) is 4. The van der Waals surface area contributed by atoms with Gasteiger partial charge in [0.2, 0.25) is 0 Å². The second-order valence-corrected chi connectivity index (χ2v) is 5.71. The smallest absolute Gasteiger partial charge is 0.133 e. The van der Waals surface area contributed by atoms with Gasteiger partial charge in [0, 0.05) is 24.0 Å². The molecule has 0 atom stereocenters. The van der Waals surface area contributed by atoms with E-state index >= 15 is 0 Å². The highest BCUT2D eigenvalue weighted by Gasteiger charge is 2.08. The maximum Gasteiger partial charge on any atom is 0.133 e. The zero-order valence-corrected chi connectivity index (χ0v) is 14.0. The number of benzene rings is 1. The number of nitrogens with one attached hydrogen (secondary N) is 1. The highest BCUT2D eigenvalue weighted by molar-refractivity contribution is 5.48. The molecular formula is C18H21N5. The van der Waals surface area contributed by atoms with Crippen LogP contribution in [0.5, 0.6) is 0 Å². The van der Waals surface area contributed by atoms with Crippen LogP contribution in [0.1, 0.15) is 28.3 Å². The monoisotopic (exact) mass is 307 g/mol. The average Bonchev–Trinajstić information content (AvgIpc) is 2.96. The topological polar surface area (TPSA) is 55.6 Å². The van der Waals surface area contributed by atoms with Gasteiger partial charge in [-0.2, -0.15) is 5.10 Å². The van der Waals surface area contributed by atoms with E-state index in [9.17, 15) is 0 Å². The van der Waals surface area contributed by atoms with Crippen molar-refractivity contribution < 1.29 is 0 Å². The zero-order chi connectivity index (χ0) is 16.4. The molecule has 23 heavy (non-hydrogen) atoms. The molecule has 118 valence electrons. The highest BCUT2D eigenvalue weighted by Crippen LogP contribution is 2.19. The lowest BCUT2D eigenvalue weighted by Crippen LogP contribution is -2.09. The van der Waals surface area contributed by atoms with Crippen LogP contribution in [0, 0.1) is 27.7 Å². The summed E-state index contributed by atoms with van der Waals surface area (Å²) in [5.74, 6) is 1.67. The van der Waals surface area contributed by atoms with E-state index in [1.54, 1.807) is 0 Å². The van der Waals surface area contributed by atoms with Gasteiger partial charge >= 0.3 is 0 Å². The van der Waals surface area contributed by atoms with E-state index < -0.39 is 0 Å². The van der Waals surface area contributed by atoms with E-state index in [-0.39, 0.29) is 0 Å². The second-order valence-electron chi connectivity index (χ2n) is 5.71. The Morgan fingerprint density at radius 2 is 1.78 bits per heavy atom. The molecule has 0 saturated heterocycles. The predicted molar refractivity (Wildman–Crippen MR) is 91.9 cm³/mol. The molecule has 0 spiro atoms. The van der Waals surface area contributed by atoms with E-state index in [0.717, 1.165) is 34.3 Å². The van der Waals surface area contributed by atoms with Crippen molar-refractivity contribution in [3.63, 3.8) is 0 Å². The lowest BCUT2D eigenvalue weighted by atomic mass is 10.1. The molecule has 1 aromatic carbocycles. The van der Waals surface area contributed by atoms with Gasteiger partial charge in [0.1, 0.15) is 11.6 Å². The molecule has 0 fully saturated rings. The summed E-state index contributed by atoms with van der Waals surface area (Å²) in [6.45, 7) is 8.65. The SMILES string of the molecule is Cc1ccn(-c2ccccc2CNc2nc(C)nc(C)c2C)n1. The van der Waals surface area contributed by atoms with E-state index in [1.807, 2.05) is 56.8 Å². The molecular weight excluding hydrogens is 286 g/mol. The Morgan fingerprint density at radius 3 is 2.52 bits per heavy atom. The number of hydrogen-bond acceptors (Lipinski definition) is 4. The summed E-state index contributed by atoms with van der Waals surface area (Å²) in [5.41, 5.74) is 5.35. The summed E-state index contributed by atoms with van der Waals surface area (Å²) < 4.78 is 1.91. The van der Waals surface area contributed by atoms with Gasteiger partial charge in [-0.05, 0) is 45.4 Å². The number of hydrogen-bond donors (Lipinski definition) is 1. The maximum absolute atomic E-state index is 4.51. The molecule has 1 N–H and O–H groups in total. The summed E-state index contributed by atoms with van der Waals surface area (Å²) in [6, 6.07) is 10.3. The Hall–Kier alpha value is -2.69. The van der Waals surface area contributed by atoms with E-state index in [1.165, 1.54) is 5.56 Å². The molecule has 0 saturated carbocycles. The molecule has 0 aliphatic heterocycles. The first-order chi connectivity index (χ1) is 11.0. The van der Waals surface area contributed by atoms with Crippen LogP contribution in [0.3, 0.4) is 0 Å². The summed E-state index contributed by atoms with van der Waals surface area (Å²) >= 11 is 0. The maximum atomic E-state index is 4.51. The fraction of sp³-hybridized carbons (Fsp3) is 0.278. The Labute approximate surface area is 136 Å². The first-order valence-corrected chi connectivity index (χ1v) is 7.71. The molecule has 0 aliphatic carbocycles. The van der Waals surface area contributed by atoms with E-state index in [2.05, 4.69) is 32.5 Å². The van der Waals surface area contributed by atoms with Crippen LogP contribution >= 0.6 is 0 Å². The van der Waals surface area contributed by atoms with Crippen molar-refractivity contribution in [3.8, 4) is 5.69 Å². The number of aromatic nitrogens is 4. The molecule has 0 radical (unpaired) electrons. The Kier molecular flexibility index (Phi) is 4.10. The fourth-order valence-electron chi connectivity index (χ4n) is 2.55. The van der Waals surface area contributed by atoms with Crippen LogP contribution in [-0.4, -0.2) is 19.7 Å². The van der Waals surface area contributed by atoms with E-state index in [4.69, 9.17) is 0 Å². The average molecular weight is 307 g/mol. The van der Waals surface area contributed by atoms with Crippen molar-refractivity contribution in [2.45, 2.75) is 34.2 Å². The third-order valence-electron chi connectivity index (χ3n) is 3.91. The molecule has 3 rings (SSSR count). The minimum Gasteiger partial charge on any atom is -0.366 e. The number of rotatable bonds is 4. The van der Waals surface area contributed by atoms with Crippen molar-refractivity contribution in [1.82, 2.24) is 19.7 Å². The summed E-state index contributed by atoms with van der Waals surface area (Å²) in [6.07, 6.45) is 1.98. The molecule has 0 aliphatic rings. The third kappa shape index (κ3) is 3.23. The highest BCUT2D eigenvalue weighted by atomic mass is 15.3. The lowest BCUT2D eigenvalue weighted by Gasteiger charge is -2.13. The summed E-state index contributed by atoms with van der Waals surface area (Å²) in [4.78, 5) is 8.90. The molecule has 0 amide bonds. The quantitative estimate of drug-likeness (QED) is 0.801. The van der Waals surface area contributed by atoms with Gasteiger partial charge in [-0.25, -0.2) is 14.6 Å². The van der Waals surface area contributed by atoms with Crippen molar-refractivity contribution in [2.75, 3.05) is 5.32 Å². The molecule has 5 heteroatoms. The van der Waals surface area contributed by atoms with Gasteiger partial charge in [-0.3, -0.25) is 0 Å². The van der Waals surface area contributed by atoms with Gasteiger partial charge < -0.3 is 5.32 Å². The molecule has 0 unspecified atom stereocenters. The van der Waals surface area contributed by atoms with Gasteiger partial charge in [0.15, 0.2) is 0 Å². The van der Waals surface area contributed by atoms with Crippen LogP contribution < -0.4 is 5.32 Å². The lowest BCUT2D eigenvalue weighted by molar-refractivity contribution is 0.847. The van der Waals surface area contributed by atoms with Crippen molar-refractivity contribution >= 4 is 5.82 Å². The number of aryl methyl sites for hydroxylation is 3. The Bertz CT molecular complexity index is 835. The number of anilines is 1. The standard InChI is InChI=1S/C18H21N5/c1-12-9-10-23(22-12)17-8-6-5-7-16(17)11-19-18-13(2)14(3)20-15(4)21-18/h5-10H,11H2,1-4H3,(H,19,20,21). The van der Waals surface area contributed by atoms with Crippen LogP contribution in [0.25, 0.3) is 5.69 Å². The first-order valence-electron chi connectivity index (χ1n) is 7.71. The molecule has 5 nitrogen and oxygen atoms in total. The van der Waals surface area contributed by atoms with Crippen LogP contribution in [0.15, 0.2) is 36.5 Å². The van der Waals surface area contributed by atoms with Crippen molar-refractivity contribution in [3.05, 3.63) is 64.9 Å². The van der Waals surface area contributed by atoms with Gasteiger partial charge in [-0.15, -0.1) is 0 Å². The normalized spacial score (nSPS) is 10.8. The van der Waals surface area contributed by atoms with Crippen LogP contribution in [0.4, 0.5) is 5.82 Å². The van der Waals surface area contributed by atoms with Crippen molar-refractivity contribution in [1.29, 1.82) is 0 Å². The first kappa shape index (κ1) is 15.2. The Balaban J connectivity index is 1.87. The zero-order valence-electron chi connectivity index (χ0n) is 14.0. The molecule has 2 heterocycles. The van der Waals surface area contributed by atoms with Gasteiger partial charge in [0.05, 0.1) is 11.4 Å². The molecule has 3 aromatic rings. The van der Waals surface area contributed by atoms with Crippen LogP contribution in [0.2, 0.25) is 0 Å². The summed E-state index contributed by atoms with van der Waals surface area (Å²) in [7, 11) is 0. The Morgan fingerprint density at radius 1 is 1.00 bits per heavy atom. The van der Waals surface area contributed by atoms with Gasteiger partial charge in [0.25, 0.3) is 0 Å². The minimum absolute atomic E-state index is 0.686. The van der Waals surface area contributed by atoms with Crippen LogP contribution in [-0.2, 0) is 6.54 Å². The number of para-hydroxylation sites is 1. The largest absolute Gasteiger partial charge is 0.366 e. The predicted octanol–water partition coefficient (Wildman–Crippen LogP) is 3.51. The van der Waals surface area contributed by atoms with Gasteiger partial charge in [-0.1, -0.05) is 18.2 Å². The van der Waals surface area contributed by atoms with Crippen molar-refractivity contribution in [2.24, 2.45) is 0 Å². The molecule has 0 bridgehead atoms.